The molecule has 15 heavy (non-hydrogen) atoms. The lowest BCUT2D eigenvalue weighted by Gasteiger charge is -2.20. The van der Waals surface area contributed by atoms with Crippen molar-refractivity contribution in [3.05, 3.63) is 35.4 Å². The van der Waals surface area contributed by atoms with Crippen molar-refractivity contribution >= 4 is 5.91 Å². The molecule has 2 heterocycles. The van der Waals surface area contributed by atoms with Crippen LogP contribution in [0.15, 0.2) is 24.3 Å². The molecule has 3 rings (SSSR count). The number of hydrogen-bond donors (Lipinski definition) is 0. The van der Waals surface area contributed by atoms with E-state index in [0.717, 1.165) is 24.3 Å². The van der Waals surface area contributed by atoms with Crippen LogP contribution in [0, 0.1) is 0 Å². The molecule has 1 aromatic carbocycles. The fraction of sp³-hybridized carbons (Fsp3) is 0.417. The Morgan fingerprint density at radius 1 is 1.47 bits per heavy atom. The molecule has 0 aliphatic carbocycles. The van der Waals surface area contributed by atoms with Crippen LogP contribution in [0.2, 0.25) is 0 Å². The molecule has 0 N–H and O–H groups in total. The third-order valence-electron chi connectivity index (χ3n) is 3.17. The molecule has 3 heteroatoms. The van der Waals surface area contributed by atoms with Crippen LogP contribution >= 0.6 is 0 Å². The van der Waals surface area contributed by atoms with Gasteiger partial charge in [-0.15, -0.1) is 0 Å². The first-order valence-corrected chi connectivity index (χ1v) is 5.29. The molecule has 0 saturated carbocycles. The Kier molecular flexibility index (Phi) is 1.83. The van der Waals surface area contributed by atoms with Gasteiger partial charge in [-0.1, -0.05) is 18.2 Å². The summed E-state index contributed by atoms with van der Waals surface area (Å²) < 4.78 is 5.17. The second-order valence-corrected chi connectivity index (χ2v) is 4.18. The Balaban J connectivity index is 1.93. The molecule has 0 spiro atoms. The van der Waals surface area contributed by atoms with E-state index < -0.39 is 0 Å². The van der Waals surface area contributed by atoms with E-state index in [-0.39, 0.29) is 18.1 Å². The number of nitrogens with zero attached hydrogens (tertiary/aromatic N) is 1. The summed E-state index contributed by atoms with van der Waals surface area (Å²) in [5.74, 6) is 0.147. The Morgan fingerprint density at radius 2 is 2.20 bits per heavy atom. The third-order valence-corrected chi connectivity index (χ3v) is 3.17. The van der Waals surface area contributed by atoms with E-state index in [2.05, 4.69) is 6.92 Å². The Bertz CT molecular complexity index is 412. The van der Waals surface area contributed by atoms with Crippen molar-refractivity contribution in [3.8, 4) is 0 Å². The van der Waals surface area contributed by atoms with Crippen molar-refractivity contribution < 1.29 is 9.53 Å². The first-order chi connectivity index (χ1) is 7.27. The van der Waals surface area contributed by atoms with Crippen molar-refractivity contribution in [2.24, 2.45) is 0 Å². The Labute approximate surface area is 88.6 Å². The molecule has 78 valence electrons. The summed E-state index contributed by atoms with van der Waals surface area (Å²) in [6.07, 6.45) is 0.269. The zero-order chi connectivity index (χ0) is 10.4. The predicted molar refractivity (Wildman–Crippen MR) is 55.6 cm³/mol. The fourth-order valence-electron chi connectivity index (χ4n) is 2.19. The molecule has 0 bridgehead atoms. The minimum absolute atomic E-state index is 0.147. The van der Waals surface area contributed by atoms with Crippen LogP contribution in [0.3, 0.4) is 0 Å². The van der Waals surface area contributed by atoms with Gasteiger partial charge in [0.15, 0.2) is 0 Å². The summed E-state index contributed by atoms with van der Waals surface area (Å²) in [7, 11) is 0. The lowest BCUT2D eigenvalue weighted by molar-refractivity contribution is 0.0722. The maximum Gasteiger partial charge on any atom is 0.254 e. The second kappa shape index (κ2) is 3.07. The van der Waals surface area contributed by atoms with Crippen LogP contribution < -0.4 is 0 Å². The van der Waals surface area contributed by atoms with Crippen molar-refractivity contribution in [3.63, 3.8) is 0 Å². The average Bonchev–Trinajstić information content (AvgIpc) is 3.04. The van der Waals surface area contributed by atoms with Crippen LogP contribution in [0.1, 0.15) is 28.9 Å². The van der Waals surface area contributed by atoms with Crippen LogP contribution in [-0.4, -0.2) is 30.1 Å². The van der Waals surface area contributed by atoms with Crippen LogP contribution in [0.5, 0.6) is 0 Å². The van der Waals surface area contributed by atoms with Gasteiger partial charge in [-0.05, 0) is 18.6 Å². The fourth-order valence-corrected chi connectivity index (χ4v) is 2.19. The van der Waals surface area contributed by atoms with Gasteiger partial charge in [0.2, 0.25) is 0 Å². The van der Waals surface area contributed by atoms with Gasteiger partial charge in [-0.2, -0.15) is 0 Å². The van der Waals surface area contributed by atoms with Crippen molar-refractivity contribution in [1.82, 2.24) is 4.90 Å². The number of rotatable bonds is 2. The average molecular weight is 203 g/mol. The van der Waals surface area contributed by atoms with Crippen LogP contribution in [0.25, 0.3) is 0 Å². The van der Waals surface area contributed by atoms with Gasteiger partial charge < -0.3 is 9.64 Å². The summed E-state index contributed by atoms with van der Waals surface area (Å²) >= 11 is 0. The van der Waals surface area contributed by atoms with Gasteiger partial charge in [0.1, 0.15) is 0 Å². The molecule has 2 unspecified atom stereocenters. The highest BCUT2D eigenvalue weighted by molar-refractivity contribution is 5.99. The standard InChI is InChI=1S/C12H13NO2/c1-8-10-4-2-3-5-11(10)12(14)13(8)6-9-7-15-9/h2-5,8-9H,6-7H2,1H3. The van der Waals surface area contributed by atoms with E-state index in [1.165, 1.54) is 0 Å². The molecule has 2 aliphatic rings. The molecule has 2 atom stereocenters. The normalized spacial score (nSPS) is 28.1. The smallest absolute Gasteiger partial charge is 0.254 e. The maximum atomic E-state index is 12.0. The molecule has 0 aromatic heterocycles. The zero-order valence-corrected chi connectivity index (χ0v) is 8.64. The number of fused-ring (bicyclic) bond motifs is 1. The summed E-state index contributed by atoms with van der Waals surface area (Å²) in [5, 5.41) is 0. The second-order valence-electron chi connectivity index (χ2n) is 4.18. The minimum Gasteiger partial charge on any atom is -0.371 e. The number of carbonyl (C=O) groups excluding carboxylic acids is 1. The van der Waals surface area contributed by atoms with E-state index in [0.29, 0.717) is 0 Å². The largest absolute Gasteiger partial charge is 0.371 e. The number of ether oxygens (including phenoxy) is 1. The Morgan fingerprint density at radius 3 is 2.87 bits per heavy atom. The number of hydrogen-bond acceptors (Lipinski definition) is 2. The van der Waals surface area contributed by atoms with Gasteiger partial charge in [0.05, 0.1) is 25.3 Å². The molecular formula is C12H13NO2. The minimum atomic E-state index is 0.147. The highest BCUT2D eigenvalue weighted by Gasteiger charge is 2.37. The predicted octanol–water partition coefficient (Wildman–Crippen LogP) is 1.60. The summed E-state index contributed by atoms with van der Waals surface area (Å²) in [6.45, 7) is 3.60. The number of epoxide rings is 1. The van der Waals surface area contributed by atoms with Gasteiger partial charge in [-0.25, -0.2) is 0 Å². The SMILES string of the molecule is CC1c2ccccc2C(=O)N1CC1CO1. The molecule has 1 fully saturated rings. The topological polar surface area (TPSA) is 32.8 Å². The highest BCUT2D eigenvalue weighted by atomic mass is 16.6. The first-order valence-electron chi connectivity index (χ1n) is 5.29. The summed E-state index contributed by atoms with van der Waals surface area (Å²) in [4.78, 5) is 13.9. The van der Waals surface area contributed by atoms with Crippen molar-refractivity contribution in [2.45, 2.75) is 19.1 Å². The van der Waals surface area contributed by atoms with E-state index in [1.807, 2.05) is 29.2 Å². The molecule has 1 amide bonds. The molecule has 1 saturated heterocycles. The van der Waals surface area contributed by atoms with Crippen LogP contribution in [0.4, 0.5) is 0 Å². The lowest BCUT2D eigenvalue weighted by Crippen LogP contribution is -2.30. The van der Waals surface area contributed by atoms with Gasteiger partial charge in [0.25, 0.3) is 5.91 Å². The van der Waals surface area contributed by atoms with E-state index in [1.54, 1.807) is 0 Å². The molecule has 1 aromatic rings. The van der Waals surface area contributed by atoms with Crippen LogP contribution in [-0.2, 0) is 4.74 Å². The number of carbonyl (C=O) groups is 1. The van der Waals surface area contributed by atoms with Crippen molar-refractivity contribution in [2.75, 3.05) is 13.2 Å². The van der Waals surface area contributed by atoms with E-state index >= 15 is 0 Å². The van der Waals surface area contributed by atoms with E-state index in [9.17, 15) is 4.79 Å². The van der Waals surface area contributed by atoms with Gasteiger partial charge in [0, 0.05) is 5.56 Å². The lowest BCUT2D eigenvalue weighted by atomic mass is 10.1. The molecule has 2 aliphatic heterocycles. The first kappa shape index (κ1) is 8.92. The number of amides is 1. The van der Waals surface area contributed by atoms with E-state index in [4.69, 9.17) is 4.74 Å². The molecule has 3 nitrogen and oxygen atoms in total. The maximum absolute atomic E-state index is 12.0. The monoisotopic (exact) mass is 203 g/mol. The molecule has 0 radical (unpaired) electrons. The zero-order valence-electron chi connectivity index (χ0n) is 8.64. The quantitative estimate of drug-likeness (QED) is 0.684. The summed E-state index contributed by atoms with van der Waals surface area (Å²) in [5.41, 5.74) is 1.99. The molecular weight excluding hydrogens is 190 g/mol. The third kappa shape index (κ3) is 1.35. The van der Waals surface area contributed by atoms with Gasteiger partial charge >= 0.3 is 0 Å². The summed E-state index contributed by atoms with van der Waals surface area (Å²) in [6, 6.07) is 8.03. The highest BCUT2D eigenvalue weighted by Crippen LogP contribution is 2.33. The Hall–Kier alpha value is -1.35. The van der Waals surface area contributed by atoms with Crippen molar-refractivity contribution in [1.29, 1.82) is 0 Å². The van der Waals surface area contributed by atoms with Gasteiger partial charge in [-0.3, -0.25) is 4.79 Å². The number of benzene rings is 1.